The van der Waals surface area contributed by atoms with E-state index in [4.69, 9.17) is 4.74 Å². The summed E-state index contributed by atoms with van der Waals surface area (Å²) in [5, 5.41) is 10.8. The highest BCUT2D eigenvalue weighted by Crippen LogP contribution is 2.29. The maximum absolute atomic E-state index is 14.7. The highest BCUT2D eigenvalue weighted by atomic mass is 19.1. The van der Waals surface area contributed by atoms with Gasteiger partial charge in [-0.15, -0.1) is 5.11 Å². The van der Waals surface area contributed by atoms with Gasteiger partial charge in [0.2, 0.25) is 0 Å². The average molecular weight is 367 g/mol. The molecular formula is C19H18FN5O2. The number of ether oxygens (including phenoxy) is 1. The minimum atomic E-state index is -0.440. The lowest BCUT2D eigenvalue weighted by atomic mass is 10.1. The number of aromatic nitrogens is 1. The standard InChI is InChI=1S/C19H18FN5O2/c1-2-14-11-25(19(26)27-14)13-4-5-15(16(20)9-13)12-3-6-17(21-10-12)23-18-7-8-22-24-18/h3-7,9-10,14H,2,8,11H2,1H3,(H,21,23). The molecule has 138 valence electrons. The fraction of sp³-hybridized carbons (Fsp3) is 0.263. The first-order valence-electron chi connectivity index (χ1n) is 8.73. The van der Waals surface area contributed by atoms with E-state index in [0.717, 1.165) is 6.42 Å². The van der Waals surface area contributed by atoms with Crippen molar-refractivity contribution in [3.8, 4) is 11.1 Å². The molecule has 2 aliphatic heterocycles. The quantitative estimate of drug-likeness (QED) is 0.852. The zero-order valence-corrected chi connectivity index (χ0v) is 14.7. The van der Waals surface area contributed by atoms with Gasteiger partial charge in [-0.3, -0.25) is 4.90 Å². The summed E-state index contributed by atoms with van der Waals surface area (Å²) in [6, 6.07) is 8.24. The molecule has 2 aliphatic rings. The Morgan fingerprint density at radius 3 is 2.85 bits per heavy atom. The third-order valence-corrected chi connectivity index (χ3v) is 4.47. The minimum absolute atomic E-state index is 0.154. The van der Waals surface area contributed by atoms with Crippen molar-refractivity contribution < 1.29 is 13.9 Å². The molecular weight excluding hydrogens is 349 g/mol. The molecule has 1 saturated heterocycles. The number of anilines is 2. The first-order chi connectivity index (χ1) is 13.1. The number of halogens is 1. The zero-order valence-electron chi connectivity index (χ0n) is 14.7. The minimum Gasteiger partial charge on any atom is -0.444 e. The molecule has 1 atom stereocenters. The van der Waals surface area contributed by atoms with Crippen LogP contribution >= 0.6 is 0 Å². The Balaban J connectivity index is 1.52. The van der Waals surface area contributed by atoms with E-state index in [9.17, 15) is 9.18 Å². The van der Waals surface area contributed by atoms with Crippen LogP contribution in [0.3, 0.4) is 0 Å². The lowest BCUT2D eigenvalue weighted by Crippen LogP contribution is -2.24. The summed E-state index contributed by atoms with van der Waals surface area (Å²) in [6.07, 6.45) is 3.57. The van der Waals surface area contributed by atoms with E-state index in [-0.39, 0.29) is 6.10 Å². The molecule has 1 aromatic heterocycles. The van der Waals surface area contributed by atoms with Gasteiger partial charge in [0.1, 0.15) is 17.7 Å². The van der Waals surface area contributed by atoms with Gasteiger partial charge < -0.3 is 10.1 Å². The number of amides is 1. The van der Waals surface area contributed by atoms with E-state index in [0.29, 0.717) is 41.5 Å². The largest absolute Gasteiger partial charge is 0.444 e. The Hall–Kier alpha value is -3.29. The van der Waals surface area contributed by atoms with Gasteiger partial charge in [-0.25, -0.2) is 14.2 Å². The maximum atomic E-state index is 14.7. The van der Waals surface area contributed by atoms with Crippen molar-refractivity contribution >= 4 is 17.6 Å². The molecule has 0 radical (unpaired) electrons. The number of cyclic esters (lactones) is 1. The van der Waals surface area contributed by atoms with Crippen LogP contribution < -0.4 is 10.2 Å². The van der Waals surface area contributed by atoms with Gasteiger partial charge in [0.05, 0.1) is 18.8 Å². The summed E-state index contributed by atoms with van der Waals surface area (Å²) in [4.78, 5) is 17.7. The molecule has 0 saturated carbocycles. The average Bonchev–Trinajstić information content (AvgIpc) is 3.32. The Morgan fingerprint density at radius 2 is 2.22 bits per heavy atom. The Morgan fingerprint density at radius 1 is 1.33 bits per heavy atom. The van der Waals surface area contributed by atoms with Crippen LogP contribution in [-0.4, -0.2) is 30.3 Å². The molecule has 1 unspecified atom stereocenters. The molecule has 0 aliphatic carbocycles. The van der Waals surface area contributed by atoms with E-state index < -0.39 is 11.9 Å². The highest BCUT2D eigenvalue weighted by molar-refractivity contribution is 5.90. The molecule has 4 rings (SSSR count). The molecule has 1 amide bonds. The Bertz CT molecular complexity index is 926. The van der Waals surface area contributed by atoms with Gasteiger partial charge in [-0.2, -0.15) is 5.11 Å². The number of nitrogens with zero attached hydrogens (tertiary/aromatic N) is 4. The lowest BCUT2D eigenvalue weighted by Gasteiger charge is -2.14. The maximum Gasteiger partial charge on any atom is 0.414 e. The van der Waals surface area contributed by atoms with Gasteiger partial charge in [-0.05, 0) is 42.8 Å². The van der Waals surface area contributed by atoms with Crippen LogP contribution in [0.5, 0.6) is 0 Å². The second-order valence-corrected chi connectivity index (χ2v) is 6.26. The Kier molecular flexibility index (Phi) is 4.53. The van der Waals surface area contributed by atoms with Crippen molar-refractivity contribution in [1.82, 2.24) is 4.98 Å². The van der Waals surface area contributed by atoms with Crippen molar-refractivity contribution in [3.05, 3.63) is 54.2 Å². The van der Waals surface area contributed by atoms with E-state index in [1.165, 1.54) is 11.0 Å². The van der Waals surface area contributed by atoms with Crippen molar-refractivity contribution in [1.29, 1.82) is 0 Å². The summed E-state index contributed by atoms with van der Waals surface area (Å²) >= 11 is 0. The molecule has 7 nitrogen and oxygen atoms in total. The number of hydrogen-bond acceptors (Lipinski definition) is 6. The number of hydrogen-bond donors (Lipinski definition) is 1. The van der Waals surface area contributed by atoms with Crippen LogP contribution in [0.2, 0.25) is 0 Å². The number of carbonyl (C=O) groups excluding carboxylic acids is 1. The van der Waals surface area contributed by atoms with Gasteiger partial charge in [0.15, 0.2) is 5.82 Å². The number of azo groups is 1. The van der Waals surface area contributed by atoms with E-state index in [1.54, 1.807) is 30.5 Å². The normalized spacial score (nSPS) is 18.6. The number of benzene rings is 1. The SMILES string of the molecule is CCC1CN(c2ccc(-c3ccc(NC4=CCN=N4)nc3)c(F)c2)C(=O)O1. The first kappa shape index (κ1) is 17.1. The molecule has 1 fully saturated rings. The molecule has 0 bridgehead atoms. The van der Waals surface area contributed by atoms with Crippen LogP contribution in [0.1, 0.15) is 13.3 Å². The number of carbonyl (C=O) groups is 1. The molecule has 2 aromatic rings. The summed E-state index contributed by atoms with van der Waals surface area (Å²) in [6.45, 7) is 2.94. The van der Waals surface area contributed by atoms with Crippen LogP contribution in [-0.2, 0) is 4.74 Å². The molecule has 3 heterocycles. The second kappa shape index (κ2) is 7.14. The van der Waals surface area contributed by atoms with Crippen molar-refractivity contribution in [2.45, 2.75) is 19.4 Å². The fourth-order valence-electron chi connectivity index (χ4n) is 2.97. The van der Waals surface area contributed by atoms with E-state index >= 15 is 0 Å². The first-order valence-corrected chi connectivity index (χ1v) is 8.73. The van der Waals surface area contributed by atoms with Crippen molar-refractivity contribution in [3.63, 3.8) is 0 Å². The number of nitrogens with one attached hydrogen (secondary N) is 1. The molecule has 8 heteroatoms. The summed E-state index contributed by atoms with van der Waals surface area (Å²) in [5.41, 5.74) is 1.54. The monoisotopic (exact) mass is 367 g/mol. The van der Waals surface area contributed by atoms with Crippen molar-refractivity contribution in [2.24, 2.45) is 10.2 Å². The second-order valence-electron chi connectivity index (χ2n) is 6.26. The van der Waals surface area contributed by atoms with E-state index in [1.807, 2.05) is 13.0 Å². The van der Waals surface area contributed by atoms with Gasteiger partial charge in [-0.1, -0.05) is 6.92 Å². The van der Waals surface area contributed by atoms with E-state index in [2.05, 4.69) is 20.5 Å². The Labute approximate surface area is 155 Å². The van der Waals surface area contributed by atoms with Crippen LogP contribution in [0, 0.1) is 5.82 Å². The highest BCUT2D eigenvalue weighted by Gasteiger charge is 2.31. The van der Waals surface area contributed by atoms with Crippen molar-refractivity contribution in [2.75, 3.05) is 23.3 Å². The molecule has 1 N–H and O–H groups in total. The molecule has 1 aromatic carbocycles. The fourth-order valence-corrected chi connectivity index (χ4v) is 2.97. The summed E-state index contributed by atoms with van der Waals surface area (Å²) < 4.78 is 19.9. The van der Waals surface area contributed by atoms with Crippen LogP contribution in [0.4, 0.5) is 20.7 Å². The predicted molar refractivity (Wildman–Crippen MR) is 99.0 cm³/mol. The topological polar surface area (TPSA) is 79.2 Å². The molecule has 27 heavy (non-hydrogen) atoms. The van der Waals surface area contributed by atoms with Crippen LogP contribution in [0.15, 0.2) is 58.7 Å². The van der Waals surface area contributed by atoms with Crippen LogP contribution in [0.25, 0.3) is 11.1 Å². The summed E-state index contributed by atoms with van der Waals surface area (Å²) in [7, 11) is 0. The number of rotatable bonds is 5. The zero-order chi connectivity index (χ0) is 18.8. The summed E-state index contributed by atoms with van der Waals surface area (Å²) in [5.74, 6) is 0.831. The number of pyridine rings is 1. The lowest BCUT2D eigenvalue weighted by molar-refractivity contribution is 0.139. The van der Waals surface area contributed by atoms with Gasteiger partial charge in [0, 0.05) is 17.3 Å². The predicted octanol–water partition coefficient (Wildman–Crippen LogP) is 4.34. The van der Waals surface area contributed by atoms with Gasteiger partial charge in [0.25, 0.3) is 0 Å². The third-order valence-electron chi connectivity index (χ3n) is 4.47. The molecule has 0 spiro atoms. The third kappa shape index (κ3) is 3.51. The smallest absolute Gasteiger partial charge is 0.414 e. The van der Waals surface area contributed by atoms with Gasteiger partial charge >= 0.3 is 6.09 Å².